The molecule has 0 radical (unpaired) electrons. The lowest BCUT2D eigenvalue weighted by molar-refractivity contribution is 0.627. The standard InChI is InChI=1S/C11H8ClFN6/c12-8-5-7(1-2-9(8)13)6-14-10-3-4-11-15-17-18-19(11)16-10/h1-5H,6H2,(H,14,16). The average Bonchev–Trinajstić information content (AvgIpc) is 2.87. The predicted octanol–water partition coefficient (Wildman–Crippen LogP) is 1.92. The number of hydrogen-bond donors (Lipinski definition) is 1. The fraction of sp³-hybridized carbons (Fsp3) is 0.0909. The molecule has 0 saturated heterocycles. The Labute approximate surface area is 112 Å². The van der Waals surface area contributed by atoms with E-state index in [4.69, 9.17) is 11.6 Å². The number of benzene rings is 1. The van der Waals surface area contributed by atoms with Gasteiger partial charge in [0.1, 0.15) is 11.6 Å². The van der Waals surface area contributed by atoms with E-state index in [9.17, 15) is 4.39 Å². The Balaban J connectivity index is 1.75. The lowest BCUT2D eigenvalue weighted by atomic mass is 10.2. The number of nitrogens with zero attached hydrogens (tertiary/aromatic N) is 5. The van der Waals surface area contributed by atoms with Crippen LogP contribution in [0.3, 0.4) is 0 Å². The van der Waals surface area contributed by atoms with Crippen molar-refractivity contribution >= 4 is 23.1 Å². The van der Waals surface area contributed by atoms with Gasteiger partial charge in [0.05, 0.1) is 5.02 Å². The average molecular weight is 279 g/mol. The van der Waals surface area contributed by atoms with Gasteiger partial charge in [0.2, 0.25) is 0 Å². The van der Waals surface area contributed by atoms with E-state index in [1.54, 1.807) is 24.3 Å². The third-order valence-electron chi connectivity index (χ3n) is 2.53. The third kappa shape index (κ3) is 2.45. The second-order valence-electron chi connectivity index (χ2n) is 3.85. The van der Waals surface area contributed by atoms with Crippen LogP contribution < -0.4 is 5.32 Å². The van der Waals surface area contributed by atoms with E-state index in [-0.39, 0.29) is 5.02 Å². The van der Waals surface area contributed by atoms with Crippen LogP contribution in [0, 0.1) is 5.82 Å². The van der Waals surface area contributed by atoms with E-state index in [1.165, 1.54) is 10.7 Å². The molecule has 0 atom stereocenters. The largest absolute Gasteiger partial charge is 0.365 e. The number of anilines is 1. The van der Waals surface area contributed by atoms with E-state index in [1.807, 2.05) is 0 Å². The molecule has 3 rings (SSSR count). The van der Waals surface area contributed by atoms with E-state index >= 15 is 0 Å². The topological polar surface area (TPSA) is 68.0 Å². The third-order valence-corrected chi connectivity index (χ3v) is 2.82. The van der Waals surface area contributed by atoms with Gasteiger partial charge in [0, 0.05) is 6.54 Å². The highest BCUT2D eigenvalue weighted by Gasteiger charge is 2.03. The zero-order valence-electron chi connectivity index (χ0n) is 9.59. The molecule has 96 valence electrons. The molecule has 0 saturated carbocycles. The summed E-state index contributed by atoms with van der Waals surface area (Å²) in [5, 5.41) is 18.3. The first-order valence-electron chi connectivity index (χ1n) is 5.45. The van der Waals surface area contributed by atoms with Crippen LogP contribution in [0.4, 0.5) is 10.2 Å². The molecule has 0 fully saturated rings. The van der Waals surface area contributed by atoms with Gasteiger partial charge in [-0.05, 0) is 40.3 Å². The highest BCUT2D eigenvalue weighted by molar-refractivity contribution is 6.30. The quantitative estimate of drug-likeness (QED) is 0.793. The summed E-state index contributed by atoms with van der Waals surface area (Å²) in [7, 11) is 0. The summed E-state index contributed by atoms with van der Waals surface area (Å²) in [5.74, 6) is 0.180. The van der Waals surface area contributed by atoms with Gasteiger partial charge in [-0.15, -0.1) is 14.8 Å². The van der Waals surface area contributed by atoms with Gasteiger partial charge in [0.15, 0.2) is 5.65 Å². The van der Waals surface area contributed by atoms with Crippen LogP contribution in [0.1, 0.15) is 5.56 Å². The van der Waals surface area contributed by atoms with Crippen molar-refractivity contribution in [3.63, 3.8) is 0 Å². The maximum Gasteiger partial charge on any atom is 0.200 e. The first-order chi connectivity index (χ1) is 9.22. The molecular formula is C11H8ClFN6. The molecule has 0 aliphatic heterocycles. The van der Waals surface area contributed by atoms with Gasteiger partial charge in [-0.2, -0.15) is 0 Å². The summed E-state index contributed by atoms with van der Waals surface area (Å²) in [6, 6.07) is 8.06. The first-order valence-corrected chi connectivity index (χ1v) is 5.83. The Morgan fingerprint density at radius 2 is 2.16 bits per heavy atom. The smallest absolute Gasteiger partial charge is 0.200 e. The van der Waals surface area contributed by atoms with Crippen molar-refractivity contribution in [3.05, 3.63) is 46.7 Å². The molecule has 3 aromatic rings. The van der Waals surface area contributed by atoms with Crippen molar-refractivity contribution in [2.75, 3.05) is 5.32 Å². The maximum absolute atomic E-state index is 13.0. The zero-order chi connectivity index (χ0) is 13.2. The van der Waals surface area contributed by atoms with Gasteiger partial charge in [-0.25, -0.2) is 4.39 Å². The molecule has 8 heteroatoms. The molecule has 0 aliphatic carbocycles. The van der Waals surface area contributed by atoms with E-state index in [0.717, 1.165) is 5.56 Å². The van der Waals surface area contributed by atoms with Crippen molar-refractivity contribution in [2.45, 2.75) is 6.54 Å². The van der Waals surface area contributed by atoms with Crippen LogP contribution in [-0.4, -0.2) is 25.3 Å². The summed E-state index contributed by atoms with van der Waals surface area (Å²) in [6.07, 6.45) is 0. The Morgan fingerprint density at radius 3 is 3.00 bits per heavy atom. The van der Waals surface area contributed by atoms with Crippen LogP contribution in [0.5, 0.6) is 0 Å². The minimum absolute atomic E-state index is 0.100. The lowest BCUT2D eigenvalue weighted by Gasteiger charge is -2.06. The summed E-state index contributed by atoms with van der Waals surface area (Å²) < 4.78 is 14.3. The van der Waals surface area contributed by atoms with Crippen molar-refractivity contribution in [2.24, 2.45) is 0 Å². The number of hydrogen-bond acceptors (Lipinski definition) is 5. The molecule has 1 aromatic carbocycles. The van der Waals surface area contributed by atoms with E-state index in [0.29, 0.717) is 18.0 Å². The SMILES string of the molecule is Fc1ccc(CNc2ccc3nnnn3n2)cc1Cl. The second-order valence-corrected chi connectivity index (χ2v) is 4.25. The highest BCUT2D eigenvalue weighted by atomic mass is 35.5. The first kappa shape index (κ1) is 11.8. The maximum atomic E-state index is 13.0. The van der Waals surface area contributed by atoms with Crippen LogP contribution in [0.2, 0.25) is 5.02 Å². The molecule has 19 heavy (non-hydrogen) atoms. The predicted molar refractivity (Wildman–Crippen MR) is 67.3 cm³/mol. The molecule has 0 unspecified atom stereocenters. The summed E-state index contributed by atoms with van der Waals surface area (Å²) >= 11 is 5.71. The molecule has 1 N–H and O–H groups in total. The normalized spacial score (nSPS) is 10.8. The van der Waals surface area contributed by atoms with Crippen molar-refractivity contribution < 1.29 is 4.39 Å². The Bertz CT molecular complexity index is 728. The Hall–Kier alpha value is -2.28. The Kier molecular flexibility index (Phi) is 2.96. The van der Waals surface area contributed by atoms with Crippen molar-refractivity contribution in [3.8, 4) is 0 Å². The van der Waals surface area contributed by atoms with Gasteiger partial charge in [-0.1, -0.05) is 17.7 Å². The molecule has 6 nitrogen and oxygen atoms in total. The van der Waals surface area contributed by atoms with Crippen LogP contribution in [0.15, 0.2) is 30.3 Å². The monoisotopic (exact) mass is 278 g/mol. The van der Waals surface area contributed by atoms with Crippen LogP contribution in [0.25, 0.3) is 5.65 Å². The fourth-order valence-electron chi connectivity index (χ4n) is 1.59. The number of nitrogens with one attached hydrogen (secondary N) is 1. The van der Waals surface area contributed by atoms with Gasteiger partial charge in [0.25, 0.3) is 0 Å². The lowest BCUT2D eigenvalue weighted by Crippen LogP contribution is -2.04. The van der Waals surface area contributed by atoms with Gasteiger partial charge >= 0.3 is 0 Å². The van der Waals surface area contributed by atoms with Crippen LogP contribution in [-0.2, 0) is 6.54 Å². The van der Waals surface area contributed by atoms with Crippen molar-refractivity contribution in [1.29, 1.82) is 0 Å². The van der Waals surface area contributed by atoms with Gasteiger partial charge < -0.3 is 5.32 Å². The molecular weight excluding hydrogens is 271 g/mol. The number of aromatic nitrogens is 5. The number of rotatable bonds is 3. The number of halogens is 2. The molecule has 2 heterocycles. The second kappa shape index (κ2) is 4.77. The Morgan fingerprint density at radius 1 is 1.26 bits per heavy atom. The minimum Gasteiger partial charge on any atom is -0.365 e. The summed E-state index contributed by atoms with van der Waals surface area (Å²) in [5.41, 5.74) is 1.42. The number of fused-ring (bicyclic) bond motifs is 1. The van der Waals surface area contributed by atoms with Crippen LogP contribution >= 0.6 is 11.6 Å². The van der Waals surface area contributed by atoms with Crippen molar-refractivity contribution in [1.82, 2.24) is 25.3 Å². The number of tetrazole rings is 1. The summed E-state index contributed by atoms with van der Waals surface area (Å²) in [4.78, 5) is 0. The van der Waals surface area contributed by atoms with E-state index < -0.39 is 5.82 Å². The summed E-state index contributed by atoms with van der Waals surface area (Å²) in [6.45, 7) is 0.473. The molecule has 0 spiro atoms. The molecule has 2 aromatic heterocycles. The molecule has 0 bridgehead atoms. The van der Waals surface area contributed by atoms with Gasteiger partial charge in [-0.3, -0.25) is 0 Å². The zero-order valence-corrected chi connectivity index (χ0v) is 10.3. The van der Waals surface area contributed by atoms with E-state index in [2.05, 4.69) is 25.9 Å². The fourth-order valence-corrected chi connectivity index (χ4v) is 1.79. The highest BCUT2D eigenvalue weighted by Crippen LogP contribution is 2.16. The minimum atomic E-state index is -0.432. The molecule has 0 aliphatic rings. The molecule has 0 amide bonds.